The van der Waals surface area contributed by atoms with Crippen molar-refractivity contribution < 1.29 is 4.74 Å². The molecule has 0 bridgehead atoms. The molecule has 0 aromatic rings. The van der Waals surface area contributed by atoms with Gasteiger partial charge in [0.2, 0.25) is 0 Å². The van der Waals surface area contributed by atoms with Crippen molar-refractivity contribution in [3.05, 3.63) is 13.2 Å². The summed E-state index contributed by atoms with van der Waals surface area (Å²) in [5.41, 5.74) is 0. The quantitative estimate of drug-likeness (QED) is 0.444. The highest BCUT2D eigenvalue weighted by Gasteiger charge is 1.94. The van der Waals surface area contributed by atoms with Crippen LogP contribution in [0.5, 0.6) is 0 Å². The largest absolute Gasteiger partial charge is 0.372 e. The molecule has 0 aliphatic carbocycles. The van der Waals surface area contributed by atoms with E-state index in [2.05, 4.69) is 5.32 Å². The van der Waals surface area contributed by atoms with Crippen molar-refractivity contribution in [1.29, 1.82) is 0 Å². The van der Waals surface area contributed by atoms with Crippen LogP contribution in [-0.2, 0) is 4.74 Å². The summed E-state index contributed by atoms with van der Waals surface area (Å²) in [5.74, 6) is 0. The van der Waals surface area contributed by atoms with E-state index >= 15 is 0 Å². The first-order valence-corrected chi connectivity index (χ1v) is 1.98. The van der Waals surface area contributed by atoms with Gasteiger partial charge in [0.15, 0.2) is 0 Å². The lowest BCUT2D eigenvalue weighted by Gasteiger charge is -2.09. The van der Waals surface area contributed by atoms with Gasteiger partial charge in [-0.25, -0.2) is 0 Å². The molecule has 1 N–H and O–H groups in total. The number of hydrogen-bond donors (Lipinski definition) is 1. The minimum atomic E-state index is 0.708. The van der Waals surface area contributed by atoms with Crippen molar-refractivity contribution in [2.24, 2.45) is 0 Å². The Morgan fingerprint density at radius 2 is 2.67 bits per heavy atom. The Kier molecular flexibility index (Phi) is 1.47. The van der Waals surface area contributed by atoms with E-state index in [0.717, 1.165) is 6.54 Å². The zero-order valence-corrected chi connectivity index (χ0v) is 3.48. The average Bonchev–Trinajstić information content (AvgIpc) is 1.72. The van der Waals surface area contributed by atoms with Gasteiger partial charge in [-0.3, -0.25) is 0 Å². The van der Waals surface area contributed by atoms with E-state index in [4.69, 9.17) is 4.74 Å². The predicted molar refractivity (Wildman–Crippen MR) is 22.6 cm³/mol. The summed E-state index contributed by atoms with van der Waals surface area (Å²) < 4.78 is 4.83. The highest BCUT2D eigenvalue weighted by molar-refractivity contribution is 4.70. The molecular weight excluding hydrogens is 78.0 g/mol. The number of ether oxygens (including phenoxy) is 1. The fraction of sp³-hybridized carbons (Fsp3) is 0.500. The summed E-state index contributed by atoms with van der Waals surface area (Å²) in [5, 5.41) is 2.98. The third-order valence-corrected chi connectivity index (χ3v) is 0.643. The molecule has 1 saturated heterocycles. The molecule has 0 spiro atoms. The first-order chi connectivity index (χ1) is 3.00. The van der Waals surface area contributed by atoms with Crippen molar-refractivity contribution in [1.82, 2.24) is 5.32 Å². The highest BCUT2D eigenvalue weighted by atomic mass is 16.5. The molecule has 1 rings (SSSR count). The molecule has 1 aliphatic rings. The van der Waals surface area contributed by atoms with E-state index < -0.39 is 0 Å². The van der Waals surface area contributed by atoms with Gasteiger partial charge in [0.25, 0.3) is 0 Å². The Hall–Kier alpha value is -0.0800. The molecule has 0 saturated carbocycles. The molecule has 1 aliphatic heterocycles. The monoisotopic (exact) mass is 85.1 g/mol. The second-order valence-corrected chi connectivity index (χ2v) is 1.11. The summed E-state index contributed by atoms with van der Waals surface area (Å²) in [4.78, 5) is 0. The first kappa shape index (κ1) is 4.09. The van der Waals surface area contributed by atoms with Gasteiger partial charge in [0.1, 0.15) is 0 Å². The molecule has 2 heteroatoms. The fourth-order valence-electron chi connectivity index (χ4n) is 0.365. The van der Waals surface area contributed by atoms with Gasteiger partial charge < -0.3 is 10.1 Å². The fourth-order valence-corrected chi connectivity index (χ4v) is 0.365. The van der Waals surface area contributed by atoms with Crippen LogP contribution < -0.4 is 5.32 Å². The van der Waals surface area contributed by atoms with Crippen LogP contribution in [-0.4, -0.2) is 13.2 Å². The summed E-state index contributed by atoms with van der Waals surface area (Å²) in [6.45, 7) is 5.19. The van der Waals surface area contributed by atoms with Crippen molar-refractivity contribution in [2.45, 2.75) is 0 Å². The van der Waals surface area contributed by atoms with E-state index in [1.807, 2.05) is 6.54 Å². The molecule has 6 heavy (non-hydrogen) atoms. The summed E-state index contributed by atoms with van der Waals surface area (Å²) in [6, 6.07) is 0. The van der Waals surface area contributed by atoms with E-state index in [0.29, 0.717) is 6.61 Å². The van der Waals surface area contributed by atoms with Crippen molar-refractivity contribution in [3.8, 4) is 0 Å². The van der Waals surface area contributed by atoms with Gasteiger partial charge in [-0.1, -0.05) is 0 Å². The lowest BCUT2D eigenvalue weighted by molar-refractivity contribution is 0.189. The molecule has 1 fully saturated rings. The van der Waals surface area contributed by atoms with Crippen LogP contribution >= 0.6 is 0 Å². The van der Waals surface area contributed by atoms with Gasteiger partial charge in [-0.2, -0.15) is 0 Å². The molecular formula is C4H7NO. The summed E-state index contributed by atoms with van der Waals surface area (Å²) in [6.07, 6.45) is 0. The third-order valence-electron chi connectivity index (χ3n) is 0.643. The molecule has 0 aromatic carbocycles. The van der Waals surface area contributed by atoms with Crippen LogP contribution in [0, 0.1) is 13.2 Å². The molecule has 1 heterocycles. The summed E-state index contributed by atoms with van der Waals surface area (Å²) in [7, 11) is 0. The molecule has 0 amide bonds. The number of morpholine rings is 1. The number of rotatable bonds is 0. The standard InChI is InChI=1S/C4H7NO/c1-3-6-4-2-5-1/h1,4-5H,2-3H2. The third kappa shape index (κ3) is 0.954. The second kappa shape index (κ2) is 2.16. The van der Waals surface area contributed by atoms with Gasteiger partial charge in [-0.15, -0.1) is 0 Å². The maximum absolute atomic E-state index is 4.83. The topological polar surface area (TPSA) is 21.3 Å². The van der Waals surface area contributed by atoms with E-state index in [1.165, 1.54) is 0 Å². The van der Waals surface area contributed by atoms with E-state index in [1.54, 1.807) is 6.61 Å². The normalized spacial score (nSPS) is 24.0. The van der Waals surface area contributed by atoms with Crippen LogP contribution in [0.3, 0.4) is 0 Å². The second-order valence-electron chi connectivity index (χ2n) is 1.11. The maximum atomic E-state index is 4.83. The van der Waals surface area contributed by atoms with Crippen LogP contribution in [0.1, 0.15) is 0 Å². The minimum absolute atomic E-state index is 0.708. The van der Waals surface area contributed by atoms with Gasteiger partial charge >= 0.3 is 0 Å². The Morgan fingerprint density at radius 3 is 2.83 bits per heavy atom. The number of nitrogens with one attached hydrogen (secondary N) is 1. The van der Waals surface area contributed by atoms with Crippen LogP contribution in [0.2, 0.25) is 0 Å². The Balaban J connectivity index is 2.00. The molecule has 0 unspecified atom stereocenters. The van der Waals surface area contributed by atoms with Gasteiger partial charge in [-0.05, 0) is 0 Å². The average molecular weight is 85.1 g/mol. The molecule has 34 valence electrons. The minimum Gasteiger partial charge on any atom is -0.372 e. The highest BCUT2D eigenvalue weighted by Crippen LogP contribution is 1.86. The van der Waals surface area contributed by atoms with E-state index in [-0.39, 0.29) is 0 Å². The van der Waals surface area contributed by atoms with Crippen LogP contribution in [0.25, 0.3) is 0 Å². The Bertz CT molecular complexity index is 23.0. The van der Waals surface area contributed by atoms with Crippen molar-refractivity contribution in [3.63, 3.8) is 0 Å². The SMILES string of the molecule is [CH]1CO[CH]CN1. The van der Waals surface area contributed by atoms with Gasteiger partial charge in [0.05, 0.1) is 13.2 Å². The predicted octanol–water partition coefficient (Wildman–Crippen LogP) is -0.0702. The smallest absolute Gasteiger partial charge is 0.0974 e. The zero-order valence-electron chi connectivity index (χ0n) is 3.48. The van der Waals surface area contributed by atoms with Crippen molar-refractivity contribution >= 4 is 0 Å². The lowest BCUT2D eigenvalue weighted by Crippen LogP contribution is -2.22. The Labute approximate surface area is 37.5 Å². The zero-order chi connectivity index (χ0) is 4.24. The Morgan fingerprint density at radius 1 is 1.67 bits per heavy atom. The molecule has 0 atom stereocenters. The molecule has 2 radical (unpaired) electrons. The molecule has 0 aromatic heterocycles. The first-order valence-electron chi connectivity index (χ1n) is 1.98. The van der Waals surface area contributed by atoms with Crippen LogP contribution in [0.15, 0.2) is 0 Å². The molecule has 2 nitrogen and oxygen atoms in total. The van der Waals surface area contributed by atoms with Gasteiger partial charge in [0, 0.05) is 13.1 Å². The summed E-state index contributed by atoms with van der Waals surface area (Å²) >= 11 is 0. The maximum Gasteiger partial charge on any atom is 0.0974 e. The van der Waals surface area contributed by atoms with Crippen LogP contribution in [0.4, 0.5) is 0 Å². The van der Waals surface area contributed by atoms with E-state index in [9.17, 15) is 0 Å². The van der Waals surface area contributed by atoms with Crippen molar-refractivity contribution in [2.75, 3.05) is 13.2 Å². The number of hydrogen-bond acceptors (Lipinski definition) is 2. The lowest BCUT2D eigenvalue weighted by atomic mass is 10.5.